The summed E-state index contributed by atoms with van der Waals surface area (Å²) in [4.78, 5) is 4.49. The van der Waals surface area contributed by atoms with Crippen LogP contribution in [0.4, 0.5) is 11.4 Å². The van der Waals surface area contributed by atoms with Crippen LogP contribution in [-0.4, -0.2) is 17.7 Å². The molecular formula is C27H29Cl4N4-. The van der Waals surface area contributed by atoms with E-state index in [0.29, 0.717) is 20.1 Å². The summed E-state index contributed by atoms with van der Waals surface area (Å²) >= 11 is 25.5. The van der Waals surface area contributed by atoms with Crippen LogP contribution in [0.1, 0.15) is 32.5 Å². The number of hydrogen-bond acceptors (Lipinski definition) is 2. The average Bonchev–Trinajstić information content (AvgIpc) is 3.26. The van der Waals surface area contributed by atoms with E-state index in [2.05, 4.69) is 64.9 Å². The summed E-state index contributed by atoms with van der Waals surface area (Å²) in [7, 11) is 0. The number of benzene rings is 2. The zero-order chi connectivity index (χ0) is 25.3. The van der Waals surface area contributed by atoms with Crippen LogP contribution in [0.5, 0.6) is 0 Å². The van der Waals surface area contributed by atoms with Gasteiger partial charge in [0.2, 0.25) is 0 Å². The molecule has 0 saturated heterocycles. The van der Waals surface area contributed by atoms with Crippen molar-refractivity contribution in [2.24, 2.45) is 0 Å². The SMILES string of the molecule is [CH2-]CCN1C(=CC=Cc2n(CC)c3cc(Cl)c(Cl)cc3[n+]2CC[CH2-])N(CC)c2cc(Cl)c(Cl)cc21. The van der Waals surface area contributed by atoms with Crippen molar-refractivity contribution in [1.82, 2.24) is 4.57 Å². The molecule has 4 nitrogen and oxygen atoms in total. The van der Waals surface area contributed by atoms with Crippen molar-refractivity contribution < 1.29 is 4.57 Å². The Balaban J connectivity index is 1.82. The van der Waals surface area contributed by atoms with Crippen LogP contribution in [0.2, 0.25) is 20.1 Å². The molecule has 4 rings (SSSR count). The van der Waals surface area contributed by atoms with Gasteiger partial charge in [-0.2, -0.15) is 6.42 Å². The summed E-state index contributed by atoms with van der Waals surface area (Å²) in [5, 5.41) is 2.20. The molecule has 0 radical (unpaired) electrons. The fraction of sp³-hybridized carbons (Fsp3) is 0.296. The van der Waals surface area contributed by atoms with Gasteiger partial charge in [-0.3, -0.25) is 0 Å². The first-order valence-corrected chi connectivity index (χ1v) is 13.3. The average molecular weight is 551 g/mol. The molecule has 0 atom stereocenters. The number of nitrogens with zero attached hydrogens (tertiary/aromatic N) is 4. The number of aromatic nitrogens is 2. The topological polar surface area (TPSA) is 15.3 Å². The summed E-state index contributed by atoms with van der Waals surface area (Å²) in [5.74, 6) is 2.13. The van der Waals surface area contributed by atoms with E-state index in [0.717, 1.165) is 73.1 Å². The van der Waals surface area contributed by atoms with Gasteiger partial charge < -0.3 is 23.6 Å². The van der Waals surface area contributed by atoms with Crippen LogP contribution >= 0.6 is 46.4 Å². The van der Waals surface area contributed by atoms with Crippen molar-refractivity contribution in [3.63, 3.8) is 0 Å². The molecule has 1 aliphatic heterocycles. The Kier molecular flexibility index (Phi) is 8.27. The Bertz CT molecular complexity index is 1310. The molecule has 1 aliphatic rings. The van der Waals surface area contributed by atoms with Crippen LogP contribution < -0.4 is 14.4 Å². The molecule has 1 aromatic heterocycles. The van der Waals surface area contributed by atoms with E-state index in [9.17, 15) is 0 Å². The Morgan fingerprint density at radius 2 is 1.46 bits per heavy atom. The smallest absolute Gasteiger partial charge is 0.282 e. The minimum Gasteiger partial charge on any atom is -0.342 e. The van der Waals surface area contributed by atoms with Gasteiger partial charge in [0, 0.05) is 24.8 Å². The van der Waals surface area contributed by atoms with E-state index in [-0.39, 0.29) is 0 Å². The maximum Gasteiger partial charge on any atom is 0.282 e. The van der Waals surface area contributed by atoms with E-state index < -0.39 is 0 Å². The van der Waals surface area contributed by atoms with Crippen LogP contribution in [0.3, 0.4) is 0 Å². The van der Waals surface area contributed by atoms with Crippen LogP contribution in [0.15, 0.2) is 42.2 Å². The monoisotopic (exact) mass is 549 g/mol. The molecule has 0 unspecified atom stereocenters. The molecule has 0 aliphatic carbocycles. The van der Waals surface area contributed by atoms with Crippen molar-refractivity contribution in [3.8, 4) is 0 Å². The standard InChI is InChI=1S/C27H29Cl4N4/c1-5-12-34-24-16-20(30)18(28)14-22(24)32(7-3)26(34)10-9-11-27-33(8-4)23-15-19(29)21(31)17-25(23)35(27)13-6-2/h9-11,14-17H,1-2,5-8,12-13H2,3-4H3/q-1. The molecule has 35 heavy (non-hydrogen) atoms. The highest BCUT2D eigenvalue weighted by atomic mass is 35.5. The number of halogens is 4. The first-order chi connectivity index (χ1) is 16.9. The van der Waals surface area contributed by atoms with Crippen molar-refractivity contribution in [2.45, 2.75) is 39.8 Å². The third-order valence-corrected chi connectivity index (χ3v) is 7.64. The minimum atomic E-state index is 0.548. The van der Waals surface area contributed by atoms with Crippen LogP contribution in [0.25, 0.3) is 17.1 Å². The Morgan fingerprint density at radius 1 is 0.829 bits per heavy atom. The normalized spacial score (nSPS) is 14.8. The zero-order valence-electron chi connectivity index (χ0n) is 20.0. The minimum absolute atomic E-state index is 0.548. The summed E-state index contributed by atoms with van der Waals surface area (Å²) < 4.78 is 4.49. The van der Waals surface area contributed by atoms with Gasteiger partial charge in [-0.25, -0.2) is 9.13 Å². The van der Waals surface area contributed by atoms with Crippen LogP contribution in [0, 0.1) is 13.8 Å². The molecule has 0 bridgehead atoms. The molecule has 3 aromatic rings. The predicted molar refractivity (Wildman–Crippen MR) is 152 cm³/mol. The Morgan fingerprint density at radius 3 is 2.06 bits per heavy atom. The van der Waals surface area contributed by atoms with Crippen molar-refractivity contribution in [1.29, 1.82) is 0 Å². The second kappa shape index (κ2) is 11.0. The number of allylic oxidation sites excluding steroid dienone is 2. The number of rotatable bonds is 8. The van der Waals surface area contributed by atoms with E-state index in [4.69, 9.17) is 46.4 Å². The molecule has 0 fully saturated rings. The van der Waals surface area contributed by atoms with Gasteiger partial charge in [-0.05, 0) is 38.6 Å². The molecule has 2 heterocycles. The highest BCUT2D eigenvalue weighted by molar-refractivity contribution is 6.43. The molecule has 0 saturated carbocycles. The predicted octanol–water partition coefficient (Wildman–Crippen LogP) is 8.21. The third kappa shape index (κ3) is 4.79. The molecule has 8 heteroatoms. The molecule has 2 aromatic carbocycles. The Labute approximate surface area is 227 Å². The van der Waals surface area contributed by atoms with Gasteiger partial charge in [0.25, 0.3) is 5.82 Å². The van der Waals surface area contributed by atoms with Gasteiger partial charge in [0.1, 0.15) is 5.82 Å². The zero-order valence-corrected chi connectivity index (χ0v) is 23.0. The Hall–Kier alpha value is -1.85. The number of anilines is 2. The van der Waals surface area contributed by atoms with Crippen LogP contribution in [-0.2, 0) is 13.1 Å². The maximum atomic E-state index is 6.37. The number of imidazole rings is 1. The van der Waals surface area contributed by atoms with E-state index in [1.165, 1.54) is 0 Å². The lowest BCUT2D eigenvalue weighted by molar-refractivity contribution is -0.673. The highest BCUT2D eigenvalue weighted by Gasteiger charge is 2.30. The first kappa shape index (κ1) is 26.2. The summed E-state index contributed by atoms with van der Waals surface area (Å²) in [5.41, 5.74) is 4.19. The first-order valence-electron chi connectivity index (χ1n) is 11.8. The number of hydrogen-bond donors (Lipinski definition) is 0. The second-order valence-corrected chi connectivity index (χ2v) is 9.88. The van der Waals surface area contributed by atoms with E-state index >= 15 is 0 Å². The van der Waals surface area contributed by atoms with Crippen molar-refractivity contribution >= 4 is 74.9 Å². The van der Waals surface area contributed by atoms with E-state index in [1.54, 1.807) is 0 Å². The van der Waals surface area contributed by atoms with Gasteiger partial charge in [0.15, 0.2) is 11.0 Å². The lowest BCUT2D eigenvalue weighted by Crippen LogP contribution is -2.36. The molecular weight excluding hydrogens is 522 g/mol. The lowest BCUT2D eigenvalue weighted by atomic mass is 10.2. The maximum absolute atomic E-state index is 6.37. The molecule has 0 amide bonds. The highest BCUT2D eigenvalue weighted by Crippen LogP contribution is 2.45. The summed E-state index contributed by atoms with van der Waals surface area (Å²) in [6, 6.07) is 7.75. The summed E-state index contributed by atoms with van der Waals surface area (Å²) in [6.45, 7) is 15.5. The molecule has 0 N–H and O–H groups in total. The number of aryl methyl sites for hydroxylation is 2. The summed E-state index contributed by atoms with van der Waals surface area (Å²) in [6.07, 6.45) is 7.87. The van der Waals surface area contributed by atoms with Gasteiger partial charge in [-0.15, -0.1) is 6.42 Å². The van der Waals surface area contributed by atoms with Crippen molar-refractivity contribution in [2.75, 3.05) is 22.9 Å². The largest absolute Gasteiger partial charge is 0.342 e. The number of fused-ring (bicyclic) bond motifs is 2. The third-order valence-electron chi connectivity index (χ3n) is 6.19. The molecule has 186 valence electrons. The fourth-order valence-electron chi connectivity index (χ4n) is 4.73. The lowest BCUT2D eigenvalue weighted by Gasteiger charge is -2.24. The fourth-order valence-corrected chi connectivity index (χ4v) is 5.36. The second-order valence-electron chi connectivity index (χ2n) is 8.25. The van der Waals surface area contributed by atoms with E-state index in [1.807, 2.05) is 24.3 Å². The quantitative estimate of drug-likeness (QED) is 0.207. The van der Waals surface area contributed by atoms with Gasteiger partial charge in [0.05, 0.1) is 44.6 Å². The van der Waals surface area contributed by atoms with Crippen molar-refractivity contribution in [3.05, 3.63) is 82.0 Å². The van der Waals surface area contributed by atoms with Gasteiger partial charge >= 0.3 is 0 Å². The van der Waals surface area contributed by atoms with Gasteiger partial charge in [-0.1, -0.05) is 52.5 Å². The molecule has 0 spiro atoms.